The van der Waals surface area contributed by atoms with Gasteiger partial charge in [-0.15, -0.1) is 22.7 Å². The number of pyridine rings is 2. The SMILES string of the molecule is COc1cccc(-c2cc(-c3ccccc3)nc3sc(C(=O)Nc4nc(-c5ccncc5)cs4)c(N)c23)c1OC. The van der Waals surface area contributed by atoms with Crippen molar-refractivity contribution in [3.05, 3.63) is 89.4 Å². The quantitative estimate of drug-likeness (QED) is 0.214. The first-order valence-electron chi connectivity index (χ1n) is 12.2. The topological polar surface area (TPSA) is 112 Å². The number of hydrogen-bond donors (Lipinski definition) is 2. The third-order valence-electron chi connectivity index (χ3n) is 6.37. The fraction of sp³-hybridized carbons (Fsp3) is 0.0667. The second-order valence-electron chi connectivity index (χ2n) is 8.72. The highest BCUT2D eigenvalue weighted by Gasteiger charge is 2.24. The molecule has 0 aliphatic rings. The Morgan fingerprint density at radius 2 is 1.65 bits per heavy atom. The van der Waals surface area contributed by atoms with Gasteiger partial charge >= 0.3 is 0 Å². The molecule has 0 aliphatic carbocycles. The predicted octanol–water partition coefficient (Wildman–Crippen LogP) is 7.00. The Hall–Kier alpha value is -4.80. The van der Waals surface area contributed by atoms with Crippen LogP contribution in [0, 0.1) is 0 Å². The maximum Gasteiger partial charge on any atom is 0.269 e. The van der Waals surface area contributed by atoms with Crippen molar-refractivity contribution in [1.82, 2.24) is 15.0 Å². The number of ether oxygens (including phenoxy) is 2. The van der Waals surface area contributed by atoms with E-state index in [1.54, 1.807) is 26.6 Å². The molecule has 0 atom stereocenters. The van der Waals surface area contributed by atoms with Crippen molar-refractivity contribution in [3.8, 4) is 45.1 Å². The van der Waals surface area contributed by atoms with Gasteiger partial charge in [-0.05, 0) is 24.3 Å². The number of thiazole rings is 1. The van der Waals surface area contributed by atoms with Gasteiger partial charge in [0.2, 0.25) is 0 Å². The second kappa shape index (κ2) is 10.8. The van der Waals surface area contributed by atoms with Crippen LogP contribution in [0.5, 0.6) is 11.5 Å². The van der Waals surface area contributed by atoms with Crippen LogP contribution in [0.3, 0.4) is 0 Å². The molecule has 6 aromatic rings. The Kier molecular flexibility index (Phi) is 6.85. The normalized spacial score (nSPS) is 10.9. The summed E-state index contributed by atoms with van der Waals surface area (Å²) >= 11 is 2.59. The molecule has 4 heterocycles. The molecule has 0 saturated heterocycles. The van der Waals surface area contributed by atoms with Gasteiger partial charge < -0.3 is 15.2 Å². The van der Waals surface area contributed by atoms with Gasteiger partial charge in [0.1, 0.15) is 9.71 Å². The largest absolute Gasteiger partial charge is 0.493 e. The van der Waals surface area contributed by atoms with Crippen LogP contribution in [0.1, 0.15) is 9.67 Å². The highest BCUT2D eigenvalue weighted by Crippen LogP contribution is 2.46. The molecule has 0 unspecified atom stereocenters. The maximum absolute atomic E-state index is 13.5. The molecule has 4 aromatic heterocycles. The van der Waals surface area contributed by atoms with Crippen molar-refractivity contribution in [3.63, 3.8) is 0 Å². The minimum Gasteiger partial charge on any atom is -0.493 e. The van der Waals surface area contributed by atoms with Gasteiger partial charge in [-0.25, -0.2) is 9.97 Å². The summed E-state index contributed by atoms with van der Waals surface area (Å²) < 4.78 is 11.3. The first kappa shape index (κ1) is 25.5. The lowest BCUT2D eigenvalue weighted by Gasteiger charge is -2.15. The predicted molar refractivity (Wildman–Crippen MR) is 161 cm³/mol. The number of nitrogens with one attached hydrogen (secondary N) is 1. The number of carbonyl (C=O) groups excluding carboxylic acids is 1. The summed E-state index contributed by atoms with van der Waals surface area (Å²) in [6, 6.07) is 21.3. The number of fused-ring (bicyclic) bond motifs is 1. The van der Waals surface area contributed by atoms with Crippen molar-refractivity contribution in [2.75, 3.05) is 25.3 Å². The zero-order valence-electron chi connectivity index (χ0n) is 21.5. The summed E-state index contributed by atoms with van der Waals surface area (Å²) in [6.45, 7) is 0. The minimum absolute atomic E-state index is 0.343. The van der Waals surface area contributed by atoms with Gasteiger partial charge in [-0.3, -0.25) is 15.1 Å². The van der Waals surface area contributed by atoms with Gasteiger partial charge in [0.25, 0.3) is 5.91 Å². The van der Waals surface area contributed by atoms with Gasteiger partial charge in [0.15, 0.2) is 16.6 Å². The number of nitrogen functional groups attached to an aromatic ring is 1. The van der Waals surface area contributed by atoms with Crippen LogP contribution >= 0.6 is 22.7 Å². The van der Waals surface area contributed by atoms with Crippen LogP contribution < -0.4 is 20.5 Å². The van der Waals surface area contributed by atoms with Gasteiger partial charge in [0.05, 0.1) is 31.3 Å². The first-order chi connectivity index (χ1) is 19.6. The summed E-state index contributed by atoms with van der Waals surface area (Å²) in [5, 5.41) is 5.95. The van der Waals surface area contributed by atoms with E-state index < -0.39 is 0 Å². The van der Waals surface area contributed by atoms with Gasteiger partial charge in [-0.1, -0.05) is 42.5 Å². The smallest absolute Gasteiger partial charge is 0.269 e. The van der Waals surface area contributed by atoms with Crippen LogP contribution in [0.4, 0.5) is 10.8 Å². The number of nitrogens with two attached hydrogens (primary N) is 1. The Balaban J connectivity index is 1.47. The molecule has 2 aromatic carbocycles. The number of benzene rings is 2. The number of rotatable bonds is 7. The molecule has 0 bridgehead atoms. The summed E-state index contributed by atoms with van der Waals surface area (Å²) in [5.41, 5.74) is 12.0. The lowest BCUT2D eigenvalue weighted by molar-refractivity contribution is 0.103. The monoisotopic (exact) mass is 565 g/mol. The van der Waals surface area contributed by atoms with E-state index in [0.29, 0.717) is 37.4 Å². The van der Waals surface area contributed by atoms with Crippen LogP contribution in [-0.2, 0) is 0 Å². The molecular formula is C30H23N5O3S2. The Morgan fingerprint density at radius 1 is 0.875 bits per heavy atom. The molecule has 0 radical (unpaired) electrons. The number of anilines is 2. The van der Waals surface area contributed by atoms with E-state index in [4.69, 9.17) is 20.2 Å². The average Bonchev–Trinajstić information content (AvgIpc) is 3.61. The zero-order chi connectivity index (χ0) is 27.6. The summed E-state index contributed by atoms with van der Waals surface area (Å²) in [4.78, 5) is 28.0. The number of methoxy groups -OCH3 is 2. The van der Waals surface area contributed by atoms with Crippen molar-refractivity contribution in [2.45, 2.75) is 0 Å². The molecule has 40 heavy (non-hydrogen) atoms. The molecule has 0 fully saturated rings. The Bertz CT molecular complexity index is 1840. The van der Waals surface area contributed by atoms with Crippen LogP contribution in [0.15, 0.2) is 84.5 Å². The standard InChI is InChI=1S/C30H23N5O3S2/c1-37-23-10-6-9-19(26(23)38-2)20-15-21(17-7-4-3-5-8-17)33-29-24(20)25(31)27(40-29)28(36)35-30-34-22(16-39-30)18-11-13-32-14-12-18/h3-16H,31H2,1-2H3,(H,34,35,36). The second-order valence-corrected chi connectivity index (χ2v) is 10.6. The molecule has 0 aliphatic heterocycles. The molecule has 3 N–H and O–H groups in total. The summed E-state index contributed by atoms with van der Waals surface area (Å²) in [5.74, 6) is 0.812. The fourth-order valence-corrected chi connectivity index (χ4v) is 6.23. The number of aromatic nitrogens is 3. The Labute approximate surface area is 238 Å². The number of thiophene rings is 1. The molecule has 8 nitrogen and oxygen atoms in total. The maximum atomic E-state index is 13.5. The van der Waals surface area contributed by atoms with Crippen LogP contribution in [-0.4, -0.2) is 35.1 Å². The van der Waals surface area contributed by atoms with Gasteiger partial charge in [0, 0.05) is 45.4 Å². The fourth-order valence-electron chi connectivity index (χ4n) is 4.50. The molecular weight excluding hydrogens is 542 g/mol. The zero-order valence-corrected chi connectivity index (χ0v) is 23.2. The minimum atomic E-state index is -0.346. The number of carbonyl (C=O) groups is 1. The van der Waals surface area contributed by atoms with Crippen molar-refractivity contribution < 1.29 is 14.3 Å². The van der Waals surface area contributed by atoms with Crippen molar-refractivity contribution >= 4 is 49.6 Å². The average molecular weight is 566 g/mol. The van der Waals surface area contributed by atoms with E-state index in [1.807, 2.05) is 72.1 Å². The number of amides is 1. The molecule has 0 saturated carbocycles. The van der Waals surface area contributed by atoms with Crippen molar-refractivity contribution in [2.24, 2.45) is 0 Å². The van der Waals surface area contributed by atoms with E-state index in [0.717, 1.165) is 33.6 Å². The van der Waals surface area contributed by atoms with E-state index in [-0.39, 0.29) is 5.91 Å². The van der Waals surface area contributed by atoms with E-state index in [2.05, 4.69) is 15.3 Å². The molecule has 0 spiro atoms. The third-order valence-corrected chi connectivity index (χ3v) is 8.22. The Morgan fingerprint density at radius 3 is 2.40 bits per heavy atom. The third kappa shape index (κ3) is 4.63. The van der Waals surface area contributed by atoms with E-state index in [1.165, 1.54) is 22.7 Å². The van der Waals surface area contributed by atoms with E-state index >= 15 is 0 Å². The van der Waals surface area contributed by atoms with Crippen molar-refractivity contribution in [1.29, 1.82) is 0 Å². The number of para-hydroxylation sites is 1. The molecule has 1 amide bonds. The lowest BCUT2D eigenvalue weighted by atomic mass is 9.98. The molecule has 6 rings (SSSR count). The van der Waals surface area contributed by atoms with Crippen LogP contribution in [0.2, 0.25) is 0 Å². The number of hydrogen-bond acceptors (Lipinski definition) is 9. The molecule has 198 valence electrons. The molecule has 10 heteroatoms. The summed E-state index contributed by atoms with van der Waals surface area (Å²) in [7, 11) is 3.20. The lowest BCUT2D eigenvalue weighted by Crippen LogP contribution is -2.11. The van der Waals surface area contributed by atoms with Gasteiger partial charge in [-0.2, -0.15) is 0 Å². The van der Waals surface area contributed by atoms with E-state index in [9.17, 15) is 4.79 Å². The number of nitrogens with zero attached hydrogens (tertiary/aromatic N) is 3. The first-order valence-corrected chi connectivity index (χ1v) is 13.9. The van der Waals surface area contributed by atoms with Crippen LogP contribution in [0.25, 0.3) is 43.9 Å². The summed E-state index contributed by atoms with van der Waals surface area (Å²) in [6.07, 6.45) is 3.41. The highest BCUT2D eigenvalue weighted by molar-refractivity contribution is 7.21. The highest BCUT2D eigenvalue weighted by atomic mass is 32.1.